The molecular weight excluding hydrogens is 316 g/mol. The zero-order chi connectivity index (χ0) is 15.9. The molecule has 4 rings (SSSR count). The Morgan fingerprint density at radius 2 is 1.91 bits per heavy atom. The SMILES string of the molecule is O=S(=O)(N(Cc1ccco1)C1CC1)N1CCC[C@H]1c1ccco1. The molecule has 23 heavy (non-hydrogen) atoms. The van der Waals surface area contributed by atoms with Crippen molar-refractivity contribution in [3.8, 4) is 0 Å². The van der Waals surface area contributed by atoms with E-state index >= 15 is 0 Å². The van der Waals surface area contributed by atoms with Crippen molar-refractivity contribution in [3.63, 3.8) is 0 Å². The number of hydrogen-bond acceptors (Lipinski definition) is 4. The van der Waals surface area contributed by atoms with Crippen molar-refractivity contribution < 1.29 is 17.3 Å². The molecule has 0 spiro atoms. The fourth-order valence-corrected chi connectivity index (χ4v) is 5.27. The molecule has 2 aromatic heterocycles. The highest BCUT2D eigenvalue weighted by molar-refractivity contribution is 7.86. The Balaban J connectivity index is 1.62. The molecule has 1 atom stereocenters. The van der Waals surface area contributed by atoms with Gasteiger partial charge in [-0.05, 0) is 49.9 Å². The largest absolute Gasteiger partial charge is 0.468 e. The summed E-state index contributed by atoms with van der Waals surface area (Å²) in [5.41, 5.74) is 0. The predicted molar refractivity (Wildman–Crippen MR) is 83.6 cm³/mol. The van der Waals surface area contributed by atoms with Gasteiger partial charge in [-0.2, -0.15) is 17.0 Å². The molecule has 124 valence electrons. The lowest BCUT2D eigenvalue weighted by molar-refractivity contribution is 0.284. The van der Waals surface area contributed by atoms with Crippen LogP contribution in [0.3, 0.4) is 0 Å². The summed E-state index contributed by atoms with van der Waals surface area (Å²) < 4.78 is 40.4. The van der Waals surface area contributed by atoms with Crippen molar-refractivity contribution in [3.05, 3.63) is 48.3 Å². The summed E-state index contributed by atoms with van der Waals surface area (Å²) in [4.78, 5) is 0. The van der Waals surface area contributed by atoms with E-state index < -0.39 is 10.2 Å². The van der Waals surface area contributed by atoms with E-state index in [1.165, 1.54) is 0 Å². The first kappa shape index (κ1) is 15.0. The Kier molecular flexibility index (Phi) is 3.79. The highest BCUT2D eigenvalue weighted by Gasteiger charge is 2.45. The van der Waals surface area contributed by atoms with E-state index in [1.54, 1.807) is 33.3 Å². The summed E-state index contributed by atoms with van der Waals surface area (Å²) in [6, 6.07) is 7.15. The van der Waals surface area contributed by atoms with Crippen molar-refractivity contribution >= 4 is 10.2 Å². The van der Waals surface area contributed by atoms with Gasteiger partial charge in [0.05, 0.1) is 25.1 Å². The average Bonchev–Trinajstić information content (AvgIpc) is 3.03. The maximum absolute atomic E-state index is 13.2. The predicted octanol–water partition coefficient (Wildman–Crippen LogP) is 2.92. The molecule has 1 aliphatic carbocycles. The summed E-state index contributed by atoms with van der Waals surface area (Å²) in [6.45, 7) is 0.830. The van der Waals surface area contributed by atoms with Gasteiger partial charge >= 0.3 is 0 Å². The molecule has 2 fully saturated rings. The van der Waals surface area contributed by atoms with Crippen LogP contribution in [0.15, 0.2) is 45.6 Å². The van der Waals surface area contributed by atoms with Crippen LogP contribution in [0.4, 0.5) is 0 Å². The fourth-order valence-electron chi connectivity index (χ4n) is 3.23. The van der Waals surface area contributed by atoms with Crippen molar-refractivity contribution in [1.29, 1.82) is 0 Å². The van der Waals surface area contributed by atoms with Gasteiger partial charge in [0.2, 0.25) is 0 Å². The Labute approximate surface area is 135 Å². The van der Waals surface area contributed by atoms with Crippen LogP contribution in [-0.2, 0) is 16.8 Å². The van der Waals surface area contributed by atoms with E-state index in [0.29, 0.717) is 18.8 Å². The van der Waals surface area contributed by atoms with Crippen molar-refractivity contribution in [2.75, 3.05) is 6.54 Å². The Bertz CT molecular complexity index is 727. The molecule has 7 heteroatoms. The van der Waals surface area contributed by atoms with Crippen LogP contribution in [0.25, 0.3) is 0 Å². The summed E-state index contributed by atoms with van der Waals surface area (Å²) in [7, 11) is -3.54. The van der Waals surface area contributed by atoms with Gasteiger partial charge in [-0.15, -0.1) is 0 Å². The lowest BCUT2D eigenvalue weighted by atomic mass is 10.2. The van der Waals surface area contributed by atoms with Crippen molar-refractivity contribution in [1.82, 2.24) is 8.61 Å². The molecule has 0 amide bonds. The minimum atomic E-state index is -3.54. The fraction of sp³-hybridized carbons (Fsp3) is 0.500. The first-order valence-corrected chi connectivity index (χ1v) is 9.40. The Hall–Kier alpha value is -1.57. The van der Waals surface area contributed by atoms with Gasteiger partial charge in [0, 0.05) is 12.6 Å². The zero-order valence-electron chi connectivity index (χ0n) is 12.8. The summed E-state index contributed by atoms with van der Waals surface area (Å²) in [6.07, 6.45) is 6.66. The number of rotatable bonds is 6. The first-order chi connectivity index (χ1) is 11.2. The molecule has 3 heterocycles. The van der Waals surface area contributed by atoms with Crippen LogP contribution in [0, 0.1) is 0 Å². The Morgan fingerprint density at radius 3 is 2.57 bits per heavy atom. The summed E-state index contributed by atoms with van der Waals surface area (Å²) >= 11 is 0. The second-order valence-corrected chi connectivity index (χ2v) is 7.98. The van der Waals surface area contributed by atoms with Gasteiger partial charge in [-0.3, -0.25) is 0 Å². The topological polar surface area (TPSA) is 66.9 Å². The monoisotopic (exact) mass is 336 g/mol. The van der Waals surface area contributed by atoms with Gasteiger partial charge in [-0.25, -0.2) is 0 Å². The van der Waals surface area contributed by atoms with E-state index in [9.17, 15) is 8.42 Å². The third-order valence-electron chi connectivity index (χ3n) is 4.51. The number of furan rings is 2. The van der Waals surface area contributed by atoms with E-state index in [2.05, 4.69) is 0 Å². The summed E-state index contributed by atoms with van der Waals surface area (Å²) in [5, 5.41) is 0. The molecule has 0 aromatic carbocycles. The lowest BCUT2D eigenvalue weighted by Crippen LogP contribution is -2.44. The highest BCUT2D eigenvalue weighted by Crippen LogP contribution is 2.39. The molecule has 1 saturated heterocycles. The highest BCUT2D eigenvalue weighted by atomic mass is 32.2. The molecule has 0 unspecified atom stereocenters. The number of nitrogens with zero attached hydrogens (tertiary/aromatic N) is 2. The zero-order valence-corrected chi connectivity index (χ0v) is 13.6. The molecule has 1 aliphatic heterocycles. The van der Waals surface area contributed by atoms with Crippen LogP contribution < -0.4 is 0 Å². The van der Waals surface area contributed by atoms with Crippen molar-refractivity contribution in [2.24, 2.45) is 0 Å². The second-order valence-electron chi connectivity index (χ2n) is 6.15. The van der Waals surface area contributed by atoms with Gasteiger partial charge in [-0.1, -0.05) is 0 Å². The first-order valence-electron chi connectivity index (χ1n) is 8.00. The smallest absolute Gasteiger partial charge is 0.283 e. The van der Waals surface area contributed by atoms with E-state index in [4.69, 9.17) is 8.83 Å². The molecule has 1 saturated carbocycles. The molecule has 2 aromatic rings. The van der Waals surface area contributed by atoms with E-state index in [1.807, 2.05) is 12.1 Å². The Morgan fingerprint density at radius 1 is 1.13 bits per heavy atom. The van der Waals surface area contributed by atoms with E-state index in [0.717, 1.165) is 31.4 Å². The van der Waals surface area contributed by atoms with Gasteiger partial charge in [0.1, 0.15) is 11.5 Å². The minimum Gasteiger partial charge on any atom is -0.468 e. The molecular formula is C16H20N2O4S. The van der Waals surface area contributed by atoms with Crippen LogP contribution in [0.5, 0.6) is 0 Å². The molecule has 0 bridgehead atoms. The second kappa shape index (κ2) is 5.81. The molecule has 6 nitrogen and oxygen atoms in total. The van der Waals surface area contributed by atoms with Crippen LogP contribution in [0.2, 0.25) is 0 Å². The van der Waals surface area contributed by atoms with Crippen LogP contribution in [-0.4, -0.2) is 29.6 Å². The maximum atomic E-state index is 13.2. The van der Waals surface area contributed by atoms with Crippen LogP contribution >= 0.6 is 0 Å². The molecule has 0 radical (unpaired) electrons. The van der Waals surface area contributed by atoms with Gasteiger partial charge in [0.25, 0.3) is 10.2 Å². The quantitative estimate of drug-likeness (QED) is 0.813. The molecule has 0 N–H and O–H groups in total. The standard InChI is InChI=1S/C16H20N2O4S/c19-23(20,17-9-1-5-15(17)16-6-3-11-22-16)18(13-7-8-13)12-14-4-2-10-21-14/h2-4,6,10-11,13,15H,1,5,7-9,12H2/t15-/m0/s1. The third kappa shape index (κ3) is 2.84. The summed E-state index contributed by atoms with van der Waals surface area (Å²) in [5.74, 6) is 1.40. The lowest BCUT2D eigenvalue weighted by Gasteiger charge is -2.29. The van der Waals surface area contributed by atoms with Crippen molar-refractivity contribution in [2.45, 2.75) is 44.3 Å². The number of hydrogen-bond donors (Lipinski definition) is 0. The normalized spacial score (nSPS) is 22.9. The maximum Gasteiger partial charge on any atom is 0.283 e. The van der Waals surface area contributed by atoms with Crippen LogP contribution in [0.1, 0.15) is 43.2 Å². The molecule has 2 aliphatic rings. The van der Waals surface area contributed by atoms with E-state index in [-0.39, 0.29) is 12.1 Å². The van der Waals surface area contributed by atoms with Gasteiger partial charge < -0.3 is 8.83 Å². The average molecular weight is 336 g/mol. The minimum absolute atomic E-state index is 0.0861. The van der Waals surface area contributed by atoms with Gasteiger partial charge in [0.15, 0.2) is 0 Å². The third-order valence-corrected chi connectivity index (χ3v) is 6.56.